The molecule has 1 spiro atoms. The van der Waals surface area contributed by atoms with E-state index in [1.165, 1.54) is 10.4 Å². The lowest BCUT2D eigenvalue weighted by Gasteiger charge is -2.43. The maximum absolute atomic E-state index is 13.0. The van der Waals surface area contributed by atoms with Crippen LogP contribution in [0.4, 0.5) is 24.9 Å². The number of nitrogens with zero attached hydrogens (tertiary/aromatic N) is 3. The van der Waals surface area contributed by atoms with Gasteiger partial charge in [-0.3, -0.25) is 9.69 Å². The fourth-order valence-corrected chi connectivity index (χ4v) is 5.68. The number of carbonyl (C=O) groups is 1. The molecule has 1 atom stereocenters. The molecule has 35 heavy (non-hydrogen) atoms. The summed E-state index contributed by atoms with van der Waals surface area (Å²) >= 11 is 0. The van der Waals surface area contributed by atoms with Gasteiger partial charge in [0.2, 0.25) is 0 Å². The normalized spacial score (nSPS) is 21.4. The van der Waals surface area contributed by atoms with Crippen LogP contribution in [0.5, 0.6) is 0 Å². The summed E-state index contributed by atoms with van der Waals surface area (Å²) in [5.41, 5.74) is -0.932. The molecule has 10 nitrogen and oxygen atoms in total. The summed E-state index contributed by atoms with van der Waals surface area (Å²) in [6.45, 7) is 1.94. The molecule has 2 aromatic rings. The van der Waals surface area contributed by atoms with Gasteiger partial charge in [0.1, 0.15) is 12.5 Å². The molecule has 2 aliphatic heterocycles. The monoisotopic (exact) mass is 517 g/mol. The Bertz CT molecular complexity index is 1210. The summed E-state index contributed by atoms with van der Waals surface area (Å²) in [6, 6.07) is 2.84. The summed E-state index contributed by atoms with van der Waals surface area (Å²) < 4.78 is 72.7. The van der Waals surface area contributed by atoms with Gasteiger partial charge in [0.15, 0.2) is 5.69 Å². The van der Waals surface area contributed by atoms with Crippen molar-refractivity contribution < 1.29 is 35.9 Å². The molecule has 2 aliphatic rings. The number of rotatable bonds is 5. The molecule has 1 aromatic heterocycles. The summed E-state index contributed by atoms with van der Waals surface area (Å²) in [5, 5.41) is 12.6. The van der Waals surface area contributed by atoms with Gasteiger partial charge >= 0.3 is 16.4 Å². The van der Waals surface area contributed by atoms with Crippen molar-refractivity contribution in [2.45, 2.75) is 50.6 Å². The number of aliphatic hydroxyl groups is 1. The van der Waals surface area contributed by atoms with Gasteiger partial charge in [-0.2, -0.15) is 30.9 Å². The number of aliphatic hydroxyl groups excluding tert-OH is 1. The Labute approximate surface area is 200 Å². The van der Waals surface area contributed by atoms with Crippen LogP contribution in [0.3, 0.4) is 0 Å². The first-order valence-corrected chi connectivity index (χ1v) is 12.4. The minimum Gasteiger partial charge on any atom is -0.431 e. The van der Waals surface area contributed by atoms with Crippen molar-refractivity contribution in [3.8, 4) is 0 Å². The zero-order valence-corrected chi connectivity index (χ0v) is 19.9. The van der Waals surface area contributed by atoms with Crippen LogP contribution in [0.2, 0.25) is 0 Å². The second-order valence-corrected chi connectivity index (χ2v) is 10.6. The average Bonchev–Trinajstić information content (AvgIpc) is 3.36. The first-order chi connectivity index (χ1) is 16.3. The maximum atomic E-state index is 13.0. The van der Waals surface area contributed by atoms with Crippen LogP contribution in [0.15, 0.2) is 28.9 Å². The number of hydrogen-bond acceptors (Lipinski definition) is 8. The van der Waals surface area contributed by atoms with Gasteiger partial charge in [-0.1, -0.05) is 6.07 Å². The highest BCUT2D eigenvalue weighted by Crippen LogP contribution is 2.40. The van der Waals surface area contributed by atoms with E-state index in [1.54, 1.807) is 6.92 Å². The fraction of sp³-hybridized carbons (Fsp3) is 0.524. The van der Waals surface area contributed by atoms with E-state index in [1.807, 2.05) is 16.7 Å². The van der Waals surface area contributed by atoms with Crippen LogP contribution in [0.25, 0.3) is 0 Å². The Kier molecular flexibility index (Phi) is 6.59. The third-order valence-corrected chi connectivity index (χ3v) is 8.31. The molecule has 1 aromatic carbocycles. The molecule has 3 heterocycles. The lowest BCUT2D eigenvalue weighted by molar-refractivity contribution is -0.137. The molecular weight excluding hydrogens is 491 g/mol. The topological polar surface area (TPSA) is 128 Å². The number of hydrogen-bond donors (Lipinski definition) is 3. The molecule has 14 heteroatoms. The van der Waals surface area contributed by atoms with Crippen molar-refractivity contribution in [3.05, 3.63) is 41.3 Å². The largest absolute Gasteiger partial charge is 0.431 e. The number of carbonyl (C=O) groups excluding carboxylic acids is 1. The third kappa shape index (κ3) is 5.15. The van der Waals surface area contributed by atoms with Crippen molar-refractivity contribution in [2.24, 2.45) is 0 Å². The number of aryl methyl sites for hydroxylation is 1. The Morgan fingerprint density at radius 3 is 2.54 bits per heavy atom. The number of oxazole rings is 1. The first kappa shape index (κ1) is 25.4. The van der Waals surface area contributed by atoms with E-state index in [0.29, 0.717) is 24.8 Å². The Hall–Kier alpha value is -2.68. The minimum atomic E-state index is -4.54. The molecule has 4 rings (SSSR count). The number of nitrogens with one attached hydrogen (secondary N) is 2. The molecule has 0 saturated carbocycles. The molecule has 1 amide bonds. The number of benzene rings is 1. The highest BCUT2D eigenvalue weighted by atomic mass is 32.2. The van der Waals surface area contributed by atoms with Gasteiger partial charge in [0.25, 0.3) is 11.9 Å². The van der Waals surface area contributed by atoms with Gasteiger partial charge in [-0.05, 0) is 57.4 Å². The second kappa shape index (κ2) is 9.08. The number of amides is 1. The Morgan fingerprint density at radius 2 is 1.94 bits per heavy atom. The molecular formula is C21H26F3N5O5S. The zero-order chi connectivity index (χ0) is 25.6. The smallest absolute Gasteiger partial charge is 0.416 e. The van der Waals surface area contributed by atoms with E-state index in [9.17, 15) is 31.5 Å². The number of piperidine rings is 1. The van der Waals surface area contributed by atoms with E-state index < -0.39 is 34.1 Å². The van der Waals surface area contributed by atoms with Gasteiger partial charge in [-0.15, -0.1) is 0 Å². The van der Waals surface area contributed by atoms with Crippen molar-refractivity contribution >= 4 is 27.8 Å². The van der Waals surface area contributed by atoms with Crippen molar-refractivity contribution in [1.29, 1.82) is 0 Å². The zero-order valence-electron chi connectivity index (χ0n) is 19.1. The third-order valence-electron chi connectivity index (χ3n) is 6.82. The van der Waals surface area contributed by atoms with Crippen LogP contribution in [-0.4, -0.2) is 65.5 Å². The number of aromatic nitrogens is 1. The van der Waals surface area contributed by atoms with E-state index in [0.717, 1.165) is 24.8 Å². The van der Waals surface area contributed by atoms with Gasteiger partial charge in [-0.25, -0.2) is 4.72 Å². The molecule has 2 saturated heterocycles. The second-order valence-electron chi connectivity index (χ2n) is 8.88. The predicted molar refractivity (Wildman–Crippen MR) is 119 cm³/mol. The Morgan fingerprint density at radius 1 is 1.26 bits per heavy atom. The SMILES string of the molecule is Cc1ccc(C(F)(F)F)cc1Nc1nc(C(=O)NS(=O)(=O)N2CCC3(CCC(O)N3C)CC2)co1. The summed E-state index contributed by atoms with van der Waals surface area (Å²) in [5.74, 6) is -1.03. The van der Waals surface area contributed by atoms with Crippen molar-refractivity contribution in [1.82, 2.24) is 18.9 Å². The maximum Gasteiger partial charge on any atom is 0.416 e. The number of anilines is 2. The number of alkyl halides is 3. The van der Waals surface area contributed by atoms with Gasteiger partial charge in [0.05, 0.1) is 5.56 Å². The lowest BCUT2D eigenvalue weighted by atomic mass is 9.86. The predicted octanol–water partition coefficient (Wildman–Crippen LogP) is 2.60. The Balaban J connectivity index is 1.39. The van der Waals surface area contributed by atoms with E-state index >= 15 is 0 Å². The molecule has 0 bridgehead atoms. The highest BCUT2D eigenvalue weighted by Gasteiger charge is 2.47. The van der Waals surface area contributed by atoms with Crippen LogP contribution < -0.4 is 10.0 Å². The fourth-order valence-electron chi connectivity index (χ4n) is 4.55. The molecule has 1 unspecified atom stereocenters. The lowest BCUT2D eigenvalue weighted by Crippen LogP contribution is -2.55. The number of halogens is 3. The van der Waals surface area contributed by atoms with E-state index in [-0.39, 0.29) is 36.0 Å². The van der Waals surface area contributed by atoms with Crippen molar-refractivity contribution in [2.75, 3.05) is 25.5 Å². The van der Waals surface area contributed by atoms with Crippen LogP contribution in [0.1, 0.15) is 47.3 Å². The van der Waals surface area contributed by atoms with Crippen molar-refractivity contribution in [3.63, 3.8) is 0 Å². The summed E-state index contributed by atoms with van der Waals surface area (Å²) in [6.07, 6.45) is -1.74. The quantitative estimate of drug-likeness (QED) is 0.552. The minimum absolute atomic E-state index is 0.0745. The molecule has 192 valence electrons. The van der Waals surface area contributed by atoms with Crippen LogP contribution in [-0.2, 0) is 16.4 Å². The highest BCUT2D eigenvalue weighted by molar-refractivity contribution is 7.87. The van der Waals surface area contributed by atoms with E-state index in [4.69, 9.17) is 4.42 Å². The standard InChI is InChI=1S/C21H26F3N5O5S/c1-13-3-4-14(21(22,23)24)11-15(13)25-19-26-16(12-34-19)18(31)27-35(32,33)29-9-7-20(8-10-29)6-5-17(30)28(20)2/h3-4,11-12,17,30H,5-10H2,1-2H3,(H,25,26)(H,27,31). The molecule has 0 aliphatic carbocycles. The number of likely N-dealkylation sites (tertiary alicyclic amines) is 1. The average molecular weight is 518 g/mol. The van der Waals surface area contributed by atoms with Gasteiger partial charge < -0.3 is 14.8 Å². The van der Waals surface area contributed by atoms with E-state index in [2.05, 4.69) is 10.3 Å². The molecule has 3 N–H and O–H groups in total. The molecule has 2 fully saturated rings. The summed E-state index contributed by atoms with van der Waals surface area (Å²) in [4.78, 5) is 18.2. The first-order valence-electron chi connectivity index (χ1n) is 10.9. The van der Waals surface area contributed by atoms with Gasteiger partial charge in [0, 0.05) is 24.3 Å². The summed E-state index contributed by atoms with van der Waals surface area (Å²) in [7, 11) is -2.34. The molecule has 0 radical (unpaired) electrons. The van der Waals surface area contributed by atoms with Crippen LogP contribution in [0, 0.1) is 6.92 Å². The van der Waals surface area contributed by atoms with Crippen LogP contribution >= 0.6 is 0 Å².